The Morgan fingerprint density at radius 3 is 2.65 bits per heavy atom. The lowest BCUT2D eigenvalue weighted by Gasteiger charge is -2.20. The molecule has 128 valence electrons. The number of ether oxygens (including phenoxy) is 1. The number of aromatic nitrogens is 2. The summed E-state index contributed by atoms with van der Waals surface area (Å²) in [5.41, 5.74) is -0.715. The van der Waals surface area contributed by atoms with Crippen LogP contribution in [0.2, 0.25) is 0 Å². The van der Waals surface area contributed by atoms with Crippen molar-refractivity contribution in [2.75, 3.05) is 0 Å². The number of hydrogen-bond acceptors (Lipinski definition) is 5. The van der Waals surface area contributed by atoms with E-state index in [1.807, 2.05) is 0 Å². The monoisotopic (exact) mass is 348 g/mol. The average Bonchev–Trinajstić information content (AvgIpc) is 2.87. The van der Waals surface area contributed by atoms with E-state index in [4.69, 9.17) is 19.6 Å². The Labute approximate surface area is 129 Å². The highest BCUT2D eigenvalue weighted by molar-refractivity contribution is 7.53. The summed E-state index contributed by atoms with van der Waals surface area (Å²) in [4.78, 5) is 54.3. The molecule has 10 nitrogen and oxygen atoms in total. The van der Waals surface area contributed by atoms with Gasteiger partial charge in [-0.1, -0.05) is 0 Å². The maximum atomic E-state index is 11.8. The molecule has 1 heterocycles. The molecule has 23 heavy (non-hydrogen) atoms. The van der Waals surface area contributed by atoms with E-state index in [1.165, 1.54) is 10.8 Å². The lowest BCUT2D eigenvalue weighted by Crippen LogP contribution is -2.33. The van der Waals surface area contributed by atoms with Gasteiger partial charge in [0.25, 0.3) is 11.4 Å². The second-order valence-electron chi connectivity index (χ2n) is 5.48. The molecular weight excluding hydrogens is 331 g/mol. The molecule has 3 atom stereocenters. The lowest BCUT2D eigenvalue weighted by molar-refractivity contribution is -0.148. The normalized spacial score (nSPS) is 22.9. The third-order valence-corrected chi connectivity index (χ3v) is 4.69. The zero-order chi connectivity index (χ0) is 17.4. The first-order valence-electron chi connectivity index (χ1n) is 6.85. The van der Waals surface area contributed by atoms with E-state index >= 15 is 0 Å². The van der Waals surface area contributed by atoms with Crippen molar-refractivity contribution in [3.8, 4) is 0 Å². The van der Waals surface area contributed by atoms with Gasteiger partial charge in [-0.25, -0.2) is 9.59 Å². The van der Waals surface area contributed by atoms with Crippen LogP contribution in [0.15, 0.2) is 15.8 Å². The molecule has 0 radical (unpaired) electrons. The van der Waals surface area contributed by atoms with Gasteiger partial charge in [0, 0.05) is 17.8 Å². The van der Waals surface area contributed by atoms with Gasteiger partial charge in [0.2, 0.25) is 0 Å². The minimum atomic E-state index is -4.94. The minimum Gasteiger partial charge on any atom is -0.479 e. The third kappa shape index (κ3) is 3.97. The van der Waals surface area contributed by atoms with E-state index in [0.29, 0.717) is 18.4 Å². The molecule has 11 heteroatoms. The van der Waals surface area contributed by atoms with Crippen LogP contribution in [0.25, 0.3) is 0 Å². The minimum absolute atomic E-state index is 0.217. The maximum absolute atomic E-state index is 11.8. The predicted octanol–water partition coefficient (Wildman–Crippen LogP) is -0.456. The molecule has 0 aliphatic heterocycles. The number of aryl methyl sites for hydroxylation is 1. The highest BCUT2D eigenvalue weighted by Gasteiger charge is 2.41. The molecule has 0 spiro atoms. The van der Waals surface area contributed by atoms with Crippen LogP contribution in [-0.2, 0) is 14.1 Å². The first kappa shape index (κ1) is 17.6. The molecule has 1 saturated carbocycles. The van der Waals surface area contributed by atoms with Crippen molar-refractivity contribution < 1.29 is 29.0 Å². The molecule has 0 unspecified atom stereocenters. The Balaban J connectivity index is 2.14. The molecule has 1 fully saturated rings. The highest BCUT2D eigenvalue weighted by Crippen LogP contribution is 2.44. The summed E-state index contributed by atoms with van der Waals surface area (Å²) in [6.07, 6.45) is 1.73. The molecular formula is C12H17N2O8P. The van der Waals surface area contributed by atoms with Crippen LogP contribution < -0.4 is 11.2 Å². The van der Waals surface area contributed by atoms with Crippen molar-refractivity contribution in [3.63, 3.8) is 0 Å². The summed E-state index contributed by atoms with van der Waals surface area (Å²) >= 11 is 0. The van der Waals surface area contributed by atoms with Crippen LogP contribution in [0, 0.1) is 6.92 Å². The van der Waals surface area contributed by atoms with Crippen LogP contribution in [-0.4, -0.2) is 42.4 Å². The zero-order valence-electron chi connectivity index (χ0n) is 12.2. The van der Waals surface area contributed by atoms with Crippen LogP contribution in [0.4, 0.5) is 0 Å². The number of carboxylic acid groups (broad SMARTS) is 1. The van der Waals surface area contributed by atoms with Crippen molar-refractivity contribution in [2.45, 2.75) is 44.2 Å². The van der Waals surface area contributed by atoms with E-state index in [1.54, 1.807) is 6.92 Å². The van der Waals surface area contributed by atoms with Crippen molar-refractivity contribution in [2.24, 2.45) is 0 Å². The molecule has 0 aromatic carbocycles. The summed E-state index contributed by atoms with van der Waals surface area (Å²) < 4.78 is 17.5. The molecule has 2 rings (SSSR count). The molecule has 0 saturated heterocycles. The molecule has 0 bridgehead atoms. The van der Waals surface area contributed by atoms with Crippen molar-refractivity contribution in [3.05, 3.63) is 32.6 Å². The number of nitrogens with one attached hydrogen (secondary N) is 1. The van der Waals surface area contributed by atoms with E-state index < -0.39 is 36.8 Å². The van der Waals surface area contributed by atoms with Crippen molar-refractivity contribution >= 4 is 13.6 Å². The van der Waals surface area contributed by atoms with Gasteiger partial charge < -0.3 is 19.6 Å². The topological polar surface area (TPSA) is 159 Å². The van der Waals surface area contributed by atoms with Gasteiger partial charge >= 0.3 is 19.3 Å². The number of aromatic amines is 1. The molecule has 1 aromatic rings. The first-order chi connectivity index (χ1) is 10.6. The van der Waals surface area contributed by atoms with Gasteiger partial charge in [-0.2, -0.15) is 0 Å². The number of nitrogens with zero attached hydrogens (tertiary/aromatic N) is 1. The van der Waals surface area contributed by atoms with Crippen LogP contribution >= 0.6 is 7.60 Å². The fraction of sp³-hybridized carbons (Fsp3) is 0.583. The summed E-state index contributed by atoms with van der Waals surface area (Å²) in [5, 5.41) is 8.85. The van der Waals surface area contributed by atoms with E-state index in [2.05, 4.69) is 4.98 Å². The number of carbonyl (C=O) groups is 1. The first-order valence-corrected chi connectivity index (χ1v) is 8.53. The smallest absolute Gasteiger partial charge is 0.365 e. The Kier molecular flexibility index (Phi) is 4.90. The molecule has 1 aromatic heterocycles. The molecule has 4 N–H and O–H groups in total. The fourth-order valence-corrected chi connectivity index (χ4v) is 3.23. The number of hydrogen-bond donors (Lipinski definition) is 4. The van der Waals surface area contributed by atoms with E-state index in [-0.39, 0.29) is 12.5 Å². The number of carboxylic acids is 1. The second kappa shape index (κ2) is 6.40. The quantitative estimate of drug-likeness (QED) is 0.520. The van der Waals surface area contributed by atoms with Crippen LogP contribution in [0.3, 0.4) is 0 Å². The van der Waals surface area contributed by atoms with Gasteiger partial charge in [0.1, 0.15) is 0 Å². The Morgan fingerprint density at radius 2 is 2.09 bits per heavy atom. The van der Waals surface area contributed by atoms with E-state index in [0.717, 1.165) is 0 Å². The highest BCUT2D eigenvalue weighted by atomic mass is 31.2. The Morgan fingerprint density at radius 1 is 1.43 bits per heavy atom. The van der Waals surface area contributed by atoms with Crippen LogP contribution in [0.1, 0.15) is 30.9 Å². The fourth-order valence-electron chi connectivity index (χ4n) is 2.61. The molecule has 0 amide bonds. The molecule has 1 aliphatic rings. The van der Waals surface area contributed by atoms with Crippen LogP contribution in [0.5, 0.6) is 0 Å². The van der Waals surface area contributed by atoms with Gasteiger partial charge in [-0.05, 0) is 26.2 Å². The number of H-pyrrole nitrogens is 1. The predicted molar refractivity (Wildman–Crippen MR) is 77.3 cm³/mol. The number of aliphatic carboxylic acids is 1. The third-order valence-electron chi connectivity index (χ3n) is 3.73. The maximum Gasteiger partial charge on any atom is 0.365 e. The summed E-state index contributed by atoms with van der Waals surface area (Å²) in [6.45, 7) is 1.55. The Bertz CT molecular complexity index is 763. The standard InChI is InChI=1S/C12H17N2O8P/c1-6-5-14(12(18)13-9(6)15)7-2-3-8(4-7)22-11(10(16)17)23(19,20)21/h5,7-8,11H,2-4H2,1H3,(H,16,17)(H,13,15,18)(H2,19,20,21)/t7-,8+,11-/m1/s1. The summed E-state index contributed by atoms with van der Waals surface area (Å²) in [6, 6.07) is -0.339. The van der Waals surface area contributed by atoms with Crippen molar-refractivity contribution in [1.82, 2.24) is 9.55 Å². The van der Waals surface area contributed by atoms with Crippen molar-refractivity contribution in [1.29, 1.82) is 0 Å². The van der Waals surface area contributed by atoms with Gasteiger partial charge in [-0.15, -0.1) is 0 Å². The number of rotatable bonds is 5. The average molecular weight is 348 g/mol. The van der Waals surface area contributed by atoms with Gasteiger partial charge in [0.15, 0.2) is 0 Å². The zero-order valence-corrected chi connectivity index (χ0v) is 13.1. The van der Waals surface area contributed by atoms with E-state index in [9.17, 15) is 18.9 Å². The summed E-state index contributed by atoms with van der Waals surface area (Å²) in [5.74, 6) is -3.96. The van der Waals surface area contributed by atoms with Gasteiger partial charge in [-0.3, -0.25) is 18.9 Å². The molecule has 1 aliphatic carbocycles. The largest absolute Gasteiger partial charge is 0.479 e. The second-order valence-corrected chi connectivity index (χ2v) is 7.13. The summed E-state index contributed by atoms with van der Waals surface area (Å²) in [7, 11) is -4.94. The Hall–Kier alpha value is -1.74. The van der Waals surface area contributed by atoms with Gasteiger partial charge in [0.05, 0.1) is 6.10 Å². The SMILES string of the molecule is Cc1cn([C@@H]2CC[C@H](O[C@@H](C(=O)O)P(=O)(O)O)C2)c(=O)[nH]c1=O. The lowest BCUT2D eigenvalue weighted by atomic mass is 10.2.